The molecule has 4 amide bonds. The van der Waals surface area contributed by atoms with Crippen molar-refractivity contribution in [2.75, 3.05) is 35.7 Å². The number of nitrogens with zero attached hydrogens (tertiary/aromatic N) is 2. The smallest absolute Gasteiger partial charge is 0.322 e. The molecule has 0 bridgehead atoms. The summed E-state index contributed by atoms with van der Waals surface area (Å²) in [6.45, 7) is 0.759. The Morgan fingerprint density at radius 3 is 2.57 bits per heavy atom. The summed E-state index contributed by atoms with van der Waals surface area (Å²) in [5.41, 5.74) is 0.987. The minimum atomic E-state index is -0.849. The maximum atomic E-state index is 14.9. The van der Waals surface area contributed by atoms with Gasteiger partial charge in [0.2, 0.25) is 11.8 Å². The van der Waals surface area contributed by atoms with Crippen LogP contribution in [0.1, 0.15) is 32.1 Å². The lowest BCUT2D eigenvalue weighted by molar-refractivity contribution is -0.120. The van der Waals surface area contributed by atoms with Crippen LogP contribution in [0, 0.1) is 5.82 Å². The van der Waals surface area contributed by atoms with Gasteiger partial charge in [0.1, 0.15) is 11.9 Å². The Labute approximate surface area is 208 Å². The number of ether oxygens (including phenoxy) is 1. The number of anilines is 3. The fraction of sp³-hybridized carbons (Fsp3) is 0.400. The second kappa shape index (κ2) is 11.0. The molecule has 2 aliphatic rings. The molecule has 8 nitrogen and oxygen atoms in total. The molecule has 10 heteroatoms. The van der Waals surface area contributed by atoms with Gasteiger partial charge >= 0.3 is 6.03 Å². The summed E-state index contributed by atoms with van der Waals surface area (Å²) in [4.78, 5) is 41.3. The lowest BCUT2D eigenvalue weighted by Crippen LogP contribution is -2.45. The SMILES string of the molecule is CO[C@@H]1C[C@H](C(=O)Nc2ccc(N3CCCCCC3=O)cc2F)N(C(=O)Nc2ccc(Cl)cc2)C1. The number of carbonyl (C=O) groups excluding carboxylic acids is 3. The van der Waals surface area contributed by atoms with Crippen molar-refractivity contribution in [3.05, 3.63) is 53.3 Å². The van der Waals surface area contributed by atoms with Crippen LogP contribution in [-0.2, 0) is 14.3 Å². The summed E-state index contributed by atoms with van der Waals surface area (Å²) in [7, 11) is 1.52. The van der Waals surface area contributed by atoms with E-state index >= 15 is 0 Å². The van der Waals surface area contributed by atoms with Crippen LogP contribution in [0.15, 0.2) is 42.5 Å². The molecule has 0 aliphatic carbocycles. The first-order valence-electron chi connectivity index (χ1n) is 11.6. The van der Waals surface area contributed by atoms with Gasteiger partial charge in [-0.3, -0.25) is 9.59 Å². The second-order valence-corrected chi connectivity index (χ2v) is 9.14. The lowest BCUT2D eigenvalue weighted by atomic mass is 10.1. The fourth-order valence-electron chi connectivity index (χ4n) is 4.41. The number of carbonyl (C=O) groups is 3. The molecule has 2 aromatic rings. The van der Waals surface area contributed by atoms with Crippen molar-refractivity contribution in [2.45, 2.75) is 44.2 Å². The minimum absolute atomic E-state index is 0.0139. The van der Waals surface area contributed by atoms with Crippen LogP contribution in [0.25, 0.3) is 0 Å². The molecule has 0 aromatic heterocycles. The molecule has 186 valence electrons. The molecule has 2 aromatic carbocycles. The Morgan fingerprint density at radius 2 is 1.86 bits per heavy atom. The van der Waals surface area contributed by atoms with Crippen LogP contribution in [0.3, 0.4) is 0 Å². The standard InChI is InChI=1S/C25H28ClFN4O4/c1-35-19-14-22(31(15-19)25(34)28-17-8-6-16(26)7-9-17)24(33)29-21-11-10-18(13-20(21)27)30-12-4-2-3-5-23(30)32/h6-11,13,19,22H,2-5,12,14-15H2,1H3,(H,28,34)(H,29,33)/t19-,22-/m1/s1. The summed E-state index contributed by atoms with van der Waals surface area (Å²) >= 11 is 5.89. The Kier molecular flexibility index (Phi) is 7.87. The number of hydrogen-bond acceptors (Lipinski definition) is 4. The van der Waals surface area contributed by atoms with E-state index in [1.165, 1.54) is 24.1 Å². The predicted octanol–water partition coefficient (Wildman–Crippen LogP) is 4.65. The van der Waals surface area contributed by atoms with E-state index in [1.54, 1.807) is 35.2 Å². The van der Waals surface area contributed by atoms with Crippen molar-refractivity contribution in [1.29, 1.82) is 0 Å². The normalized spacial score (nSPS) is 20.5. The largest absolute Gasteiger partial charge is 0.380 e. The number of urea groups is 1. The third-order valence-corrected chi connectivity index (χ3v) is 6.60. The summed E-state index contributed by atoms with van der Waals surface area (Å²) in [6.07, 6.45) is 3.04. The highest BCUT2D eigenvalue weighted by atomic mass is 35.5. The third-order valence-electron chi connectivity index (χ3n) is 6.35. The Hall–Kier alpha value is -3.17. The van der Waals surface area contributed by atoms with E-state index in [0.717, 1.165) is 19.3 Å². The van der Waals surface area contributed by atoms with Crippen LogP contribution in [0.5, 0.6) is 0 Å². The highest BCUT2D eigenvalue weighted by Gasteiger charge is 2.40. The number of nitrogens with one attached hydrogen (secondary N) is 2. The van der Waals surface area contributed by atoms with Crippen LogP contribution in [0.2, 0.25) is 5.02 Å². The number of methoxy groups -OCH3 is 1. The van der Waals surface area contributed by atoms with Gasteiger partial charge in [0.05, 0.1) is 11.8 Å². The summed E-state index contributed by atoms with van der Waals surface area (Å²) < 4.78 is 20.3. The number of halogens is 2. The molecule has 2 saturated heterocycles. The Bertz CT molecular complexity index is 1100. The van der Waals surface area contributed by atoms with Crippen molar-refractivity contribution in [3.63, 3.8) is 0 Å². The quantitative estimate of drug-likeness (QED) is 0.623. The second-order valence-electron chi connectivity index (χ2n) is 8.71. The van der Waals surface area contributed by atoms with E-state index in [2.05, 4.69) is 10.6 Å². The molecular weight excluding hydrogens is 475 g/mol. The van der Waals surface area contributed by atoms with Crippen molar-refractivity contribution in [3.8, 4) is 0 Å². The summed E-state index contributed by atoms with van der Waals surface area (Å²) in [6, 6.07) is 9.62. The maximum absolute atomic E-state index is 14.9. The number of hydrogen-bond donors (Lipinski definition) is 2. The summed E-state index contributed by atoms with van der Waals surface area (Å²) in [5, 5.41) is 5.88. The molecular formula is C25H28ClFN4O4. The Balaban J connectivity index is 1.46. The monoisotopic (exact) mass is 502 g/mol. The zero-order chi connectivity index (χ0) is 24.9. The number of amides is 4. The van der Waals surface area contributed by atoms with Crippen molar-refractivity contribution >= 4 is 46.5 Å². The molecule has 0 saturated carbocycles. The van der Waals surface area contributed by atoms with Gasteiger partial charge in [0.25, 0.3) is 0 Å². The van der Waals surface area contributed by atoms with Gasteiger partial charge in [0, 0.05) is 49.4 Å². The van der Waals surface area contributed by atoms with Crippen LogP contribution in [-0.4, -0.2) is 55.1 Å². The molecule has 2 N–H and O–H groups in total. The first-order valence-corrected chi connectivity index (χ1v) is 12.0. The first kappa shape index (κ1) is 24.9. The lowest BCUT2D eigenvalue weighted by Gasteiger charge is -2.24. The van der Waals surface area contributed by atoms with Gasteiger partial charge in [0.15, 0.2) is 0 Å². The van der Waals surface area contributed by atoms with Crippen LogP contribution >= 0.6 is 11.6 Å². The van der Waals surface area contributed by atoms with E-state index in [-0.39, 0.29) is 30.7 Å². The van der Waals surface area contributed by atoms with Crippen molar-refractivity contribution in [2.24, 2.45) is 0 Å². The fourth-order valence-corrected chi connectivity index (χ4v) is 4.54. The zero-order valence-electron chi connectivity index (χ0n) is 19.4. The van der Waals surface area contributed by atoms with Gasteiger partial charge in [-0.2, -0.15) is 0 Å². The molecule has 0 unspecified atom stereocenters. The molecule has 2 aliphatic heterocycles. The number of rotatable bonds is 5. The minimum Gasteiger partial charge on any atom is -0.380 e. The van der Waals surface area contributed by atoms with E-state index in [1.807, 2.05) is 0 Å². The van der Waals surface area contributed by atoms with Crippen LogP contribution in [0.4, 0.5) is 26.2 Å². The van der Waals surface area contributed by atoms with Gasteiger partial charge in [-0.05, 0) is 55.3 Å². The van der Waals surface area contributed by atoms with Crippen LogP contribution < -0.4 is 15.5 Å². The highest BCUT2D eigenvalue weighted by molar-refractivity contribution is 6.30. The van der Waals surface area contributed by atoms with E-state index in [4.69, 9.17) is 16.3 Å². The van der Waals surface area contributed by atoms with Crippen molar-refractivity contribution in [1.82, 2.24) is 4.90 Å². The summed E-state index contributed by atoms with van der Waals surface area (Å²) in [5.74, 6) is -1.20. The average molecular weight is 503 g/mol. The predicted molar refractivity (Wildman–Crippen MR) is 132 cm³/mol. The topological polar surface area (TPSA) is 91.0 Å². The Morgan fingerprint density at radius 1 is 1.09 bits per heavy atom. The van der Waals surface area contributed by atoms with E-state index in [0.29, 0.717) is 29.4 Å². The van der Waals surface area contributed by atoms with Gasteiger partial charge < -0.3 is 25.2 Å². The van der Waals surface area contributed by atoms with Gasteiger partial charge in [-0.25, -0.2) is 9.18 Å². The number of benzene rings is 2. The average Bonchev–Trinajstić information content (AvgIpc) is 3.18. The zero-order valence-corrected chi connectivity index (χ0v) is 20.2. The molecule has 35 heavy (non-hydrogen) atoms. The third kappa shape index (κ3) is 5.91. The van der Waals surface area contributed by atoms with Crippen molar-refractivity contribution < 1.29 is 23.5 Å². The number of likely N-dealkylation sites (tertiary alicyclic amines) is 1. The molecule has 0 radical (unpaired) electrons. The highest BCUT2D eigenvalue weighted by Crippen LogP contribution is 2.27. The molecule has 4 rings (SSSR count). The maximum Gasteiger partial charge on any atom is 0.322 e. The molecule has 2 heterocycles. The van der Waals surface area contributed by atoms with Gasteiger partial charge in [-0.15, -0.1) is 0 Å². The van der Waals surface area contributed by atoms with E-state index < -0.39 is 23.8 Å². The van der Waals surface area contributed by atoms with E-state index in [9.17, 15) is 18.8 Å². The molecule has 2 fully saturated rings. The molecule has 0 spiro atoms. The first-order chi connectivity index (χ1) is 16.9. The molecule has 2 atom stereocenters. The van der Waals surface area contributed by atoms with Gasteiger partial charge in [-0.1, -0.05) is 18.0 Å².